The first-order valence-electron chi connectivity index (χ1n) is 9.12. The molecule has 1 unspecified atom stereocenters. The van der Waals surface area contributed by atoms with Crippen molar-refractivity contribution in [3.63, 3.8) is 0 Å². The molecule has 1 saturated heterocycles. The van der Waals surface area contributed by atoms with Crippen molar-refractivity contribution in [1.29, 1.82) is 0 Å². The number of rotatable bonds is 4. The molecule has 0 aliphatic carbocycles. The summed E-state index contributed by atoms with van der Waals surface area (Å²) in [5, 5.41) is 1.09. The predicted molar refractivity (Wildman–Crippen MR) is 118 cm³/mol. The Balaban J connectivity index is 1.72. The first kappa shape index (κ1) is 19.4. The van der Waals surface area contributed by atoms with Crippen LogP contribution in [0.4, 0.5) is 0 Å². The zero-order valence-electron chi connectivity index (χ0n) is 15.1. The molecule has 0 N–H and O–H groups in total. The summed E-state index contributed by atoms with van der Waals surface area (Å²) >= 11 is 14.3. The van der Waals surface area contributed by atoms with Crippen LogP contribution in [0.5, 0.6) is 0 Å². The second-order valence-corrected chi connectivity index (χ2v) is 8.71. The fraction of sp³-hybridized carbons (Fsp3) is 0.174. The van der Waals surface area contributed by atoms with Crippen LogP contribution in [0.3, 0.4) is 0 Å². The summed E-state index contributed by atoms with van der Waals surface area (Å²) in [5.74, 6) is 0.638. The second kappa shape index (κ2) is 8.60. The summed E-state index contributed by atoms with van der Waals surface area (Å²) in [6.07, 6.45) is 0. The average Bonchev–Trinajstić information content (AvgIpc) is 3.19. The molecule has 28 heavy (non-hydrogen) atoms. The molecule has 1 aliphatic rings. The van der Waals surface area contributed by atoms with Crippen LogP contribution in [0.15, 0.2) is 78.9 Å². The molecular formula is C23H19Cl2NOS. The molecule has 142 valence electrons. The van der Waals surface area contributed by atoms with Gasteiger partial charge in [0.05, 0.1) is 5.92 Å². The standard InChI is InChI=1S/C23H19Cl2NOS/c24-18-11-12-19(20(25)15-18)23-26(13-14-28-23)22(27)21(16-7-3-1-4-8-16)17-9-5-2-6-10-17/h1-12,15,21,23H,13-14H2. The Morgan fingerprint density at radius 3 is 2.11 bits per heavy atom. The smallest absolute Gasteiger partial charge is 0.235 e. The van der Waals surface area contributed by atoms with Crippen LogP contribution < -0.4 is 0 Å². The van der Waals surface area contributed by atoms with Crippen LogP contribution >= 0.6 is 35.0 Å². The average molecular weight is 428 g/mol. The first-order chi connectivity index (χ1) is 13.6. The number of hydrogen-bond acceptors (Lipinski definition) is 2. The van der Waals surface area contributed by atoms with Crippen molar-refractivity contribution < 1.29 is 4.79 Å². The van der Waals surface area contributed by atoms with E-state index in [1.165, 1.54) is 0 Å². The van der Waals surface area contributed by atoms with Crippen LogP contribution in [-0.2, 0) is 4.79 Å². The highest BCUT2D eigenvalue weighted by atomic mass is 35.5. The number of amides is 1. The van der Waals surface area contributed by atoms with E-state index in [9.17, 15) is 4.79 Å². The number of carbonyl (C=O) groups excluding carboxylic acids is 1. The molecule has 0 saturated carbocycles. The summed E-state index contributed by atoms with van der Waals surface area (Å²) in [6.45, 7) is 0.698. The van der Waals surface area contributed by atoms with Crippen LogP contribution in [-0.4, -0.2) is 23.1 Å². The van der Waals surface area contributed by atoms with Gasteiger partial charge in [-0.05, 0) is 23.3 Å². The topological polar surface area (TPSA) is 20.3 Å². The maximum atomic E-state index is 13.8. The van der Waals surface area contributed by atoms with Gasteiger partial charge in [0.25, 0.3) is 0 Å². The van der Waals surface area contributed by atoms with E-state index in [1.54, 1.807) is 17.8 Å². The van der Waals surface area contributed by atoms with Gasteiger partial charge in [0, 0.05) is 27.9 Å². The van der Waals surface area contributed by atoms with Gasteiger partial charge in [-0.2, -0.15) is 0 Å². The number of halogens is 2. The van der Waals surface area contributed by atoms with Crippen LogP contribution in [0.1, 0.15) is 28.0 Å². The Hall–Kier alpha value is -1.94. The lowest BCUT2D eigenvalue weighted by molar-refractivity contribution is -0.132. The third kappa shape index (κ3) is 3.93. The molecule has 4 rings (SSSR count). The van der Waals surface area contributed by atoms with Gasteiger partial charge in [-0.3, -0.25) is 4.79 Å². The maximum absolute atomic E-state index is 13.8. The van der Waals surface area contributed by atoms with Gasteiger partial charge in [0.2, 0.25) is 5.91 Å². The highest BCUT2D eigenvalue weighted by Crippen LogP contribution is 2.43. The summed E-state index contributed by atoms with van der Waals surface area (Å²) in [5.41, 5.74) is 2.93. The van der Waals surface area contributed by atoms with E-state index in [0.29, 0.717) is 16.6 Å². The van der Waals surface area contributed by atoms with E-state index < -0.39 is 0 Å². The van der Waals surface area contributed by atoms with Crippen LogP contribution in [0.2, 0.25) is 10.0 Å². The third-order valence-corrected chi connectivity index (χ3v) is 6.72. The van der Waals surface area contributed by atoms with Gasteiger partial charge in [-0.1, -0.05) is 89.9 Å². The lowest BCUT2D eigenvalue weighted by Crippen LogP contribution is -2.35. The van der Waals surface area contributed by atoms with Gasteiger partial charge >= 0.3 is 0 Å². The summed E-state index contributed by atoms with van der Waals surface area (Å²) in [4.78, 5) is 15.7. The Morgan fingerprint density at radius 2 is 1.54 bits per heavy atom. The zero-order valence-corrected chi connectivity index (χ0v) is 17.4. The van der Waals surface area contributed by atoms with E-state index in [0.717, 1.165) is 22.4 Å². The lowest BCUT2D eigenvalue weighted by atomic mass is 9.90. The minimum atomic E-state index is -0.338. The van der Waals surface area contributed by atoms with Gasteiger partial charge in [-0.15, -0.1) is 11.8 Å². The van der Waals surface area contributed by atoms with Gasteiger partial charge in [0.15, 0.2) is 0 Å². The van der Waals surface area contributed by atoms with Crippen molar-refractivity contribution >= 4 is 40.9 Å². The Kier molecular flexibility index (Phi) is 5.96. The molecule has 1 heterocycles. The van der Waals surface area contributed by atoms with E-state index in [4.69, 9.17) is 23.2 Å². The largest absolute Gasteiger partial charge is 0.325 e. The van der Waals surface area contributed by atoms with Crippen molar-refractivity contribution in [1.82, 2.24) is 4.90 Å². The summed E-state index contributed by atoms with van der Waals surface area (Å²) < 4.78 is 0. The minimum Gasteiger partial charge on any atom is -0.325 e. The molecule has 0 aromatic heterocycles. The number of hydrogen-bond donors (Lipinski definition) is 0. The summed E-state index contributed by atoms with van der Waals surface area (Å²) in [6, 6.07) is 25.4. The SMILES string of the molecule is O=C(C(c1ccccc1)c1ccccc1)N1CCSC1c1ccc(Cl)cc1Cl. The third-order valence-electron chi connectivity index (χ3n) is 4.92. The molecule has 2 nitrogen and oxygen atoms in total. The Labute approximate surface area is 179 Å². The molecule has 1 aliphatic heterocycles. The lowest BCUT2D eigenvalue weighted by Gasteiger charge is -2.29. The first-order valence-corrected chi connectivity index (χ1v) is 10.9. The van der Waals surface area contributed by atoms with Crippen LogP contribution in [0.25, 0.3) is 0 Å². The molecule has 1 amide bonds. The highest BCUT2D eigenvalue weighted by molar-refractivity contribution is 7.99. The van der Waals surface area contributed by atoms with E-state index in [2.05, 4.69) is 0 Å². The van der Waals surface area contributed by atoms with Crippen molar-refractivity contribution in [2.45, 2.75) is 11.3 Å². The molecule has 0 radical (unpaired) electrons. The number of nitrogens with zero attached hydrogens (tertiary/aromatic N) is 1. The van der Waals surface area contributed by atoms with Gasteiger partial charge < -0.3 is 4.90 Å². The fourth-order valence-electron chi connectivity index (χ4n) is 3.59. The molecule has 3 aromatic carbocycles. The molecule has 5 heteroatoms. The van der Waals surface area contributed by atoms with Gasteiger partial charge in [0.1, 0.15) is 5.37 Å². The zero-order chi connectivity index (χ0) is 19.5. The summed E-state index contributed by atoms with van der Waals surface area (Å²) in [7, 11) is 0. The van der Waals surface area contributed by atoms with Crippen molar-refractivity contribution in [3.05, 3.63) is 106 Å². The minimum absolute atomic E-state index is 0.0958. The molecule has 0 spiro atoms. The number of thioether (sulfide) groups is 1. The Bertz CT molecular complexity index is 925. The van der Waals surface area contributed by atoms with E-state index >= 15 is 0 Å². The predicted octanol–water partition coefficient (Wildman–Crippen LogP) is 6.40. The molecule has 0 bridgehead atoms. The fourth-order valence-corrected chi connectivity index (χ4v) is 5.47. The van der Waals surface area contributed by atoms with Crippen molar-refractivity contribution in [2.24, 2.45) is 0 Å². The van der Waals surface area contributed by atoms with E-state index in [-0.39, 0.29) is 17.2 Å². The van der Waals surface area contributed by atoms with E-state index in [1.807, 2.05) is 77.7 Å². The normalized spacial score (nSPS) is 16.5. The second-order valence-electron chi connectivity index (χ2n) is 6.67. The molecule has 1 atom stereocenters. The quantitative estimate of drug-likeness (QED) is 0.479. The molecule has 3 aromatic rings. The highest BCUT2D eigenvalue weighted by Gasteiger charge is 2.36. The monoisotopic (exact) mass is 427 g/mol. The van der Waals surface area contributed by atoms with Gasteiger partial charge in [-0.25, -0.2) is 0 Å². The van der Waals surface area contributed by atoms with Crippen molar-refractivity contribution in [2.75, 3.05) is 12.3 Å². The number of carbonyl (C=O) groups is 1. The Morgan fingerprint density at radius 1 is 0.929 bits per heavy atom. The molecule has 1 fully saturated rings. The van der Waals surface area contributed by atoms with Crippen molar-refractivity contribution in [3.8, 4) is 0 Å². The van der Waals surface area contributed by atoms with Crippen LogP contribution in [0, 0.1) is 0 Å². The molecular weight excluding hydrogens is 409 g/mol. The maximum Gasteiger partial charge on any atom is 0.235 e. The number of benzene rings is 3.